The van der Waals surface area contributed by atoms with Crippen molar-refractivity contribution in [2.45, 2.75) is 13.3 Å². The predicted molar refractivity (Wildman–Crippen MR) is 147 cm³/mol. The van der Waals surface area contributed by atoms with Gasteiger partial charge in [-0.25, -0.2) is 0 Å². The topological polar surface area (TPSA) is 75.8 Å². The van der Waals surface area contributed by atoms with E-state index in [-0.39, 0.29) is 36.4 Å². The van der Waals surface area contributed by atoms with E-state index in [0.717, 1.165) is 39.1 Å². The number of aromatic amines is 1. The Morgan fingerprint density at radius 2 is 1.82 bits per heavy atom. The second-order valence-corrected chi connectivity index (χ2v) is 8.17. The number of amides is 1. The number of para-hydroxylation sites is 1. The lowest BCUT2D eigenvalue weighted by atomic mass is 10.1. The van der Waals surface area contributed by atoms with Gasteiger partial charge in [-0.2, -0.15) is 0 Å². The first kappa shape index (κ1) is 24.9. The second kappa shape index (κ2) is 11.9. The molecule has 1 saturated heterocycles. The summed E-state index contributed by atoms with van der Waals surface area (Å²) in [6.07, 6.45) is 2.94. The summed E-state index contributed by atoms with van der Waals surface area (Å²) in [5.41, 5.74) is 4.91. The van der Waals surface area contributed by atoms with Crippen molar-refractivity contribution in [1.29, 1.82) is 0 Å². The minimum absolute atomic E-state index is 0. The van der Waals surface area contributed by atoms with Gasteiger partial charge in [-0.15, -0.1) is 24.0 Å². The summed E-state index contributed by atoms with van der Waals surface area (Å²) in [7, 11) is 1.73. The van der Waals surface area contributed by atoms with Gasteiger partial charge in [-0.3, -0.25) is 9.79 Å². The molecule has 0 unspecified atom stereocenters. The number of fused-ring (bicyclic) bond motifs is 1. The van der Waals surface area contributed by atoms with Crippen molar-refractivity contribution in [1.82, 2.24) is 20.5 Å². The van der Waals surface area contributed by atoms with Crippen LogP contribution >= 0.6 is 24.0 Å². The molecule has 0 aliphatic carbocycles. The smallest absolute Gasteiger partial charge is 0.242 e. The number of anilines is 1. The molecular weight excluding hydrogens is 527 g/mol. The van der Waals surface area contributed by atoms with Crippen LogP contribution < -0.4 is 15.5 Å². The molecule has 8 heteroatoms. The number of aliphatic imine (C=N–C) groups is 1. The maximum absolute atomic E-state index is 12.7. The normalized spacial score (nSPS) is 14.2. The number of rotatable bonds is 6. The molecule has 3 aromatic rings. The zero-order chi connectivity index (χ0) is 22.3. The standard InChI is InChI=1S/C25H32N6O.HI/c1-19-8-9-22-20(17-28-23(22)16-19)10-11-27-25(26-2)29-18-24(32)31-14-12-30(13-15-31)21-6-4-3-5-7-21;/h3-9,16-17,28H,10-15,18H2,1-2H3,(H2,26,27,29);1H. The molecule has 1 fully saturated rings. The largest absolute Gasteiger partial charge is 0.368 e. The van der Waals surface area contributed by atoms with Crippen molar-refractivity contribution in [2.75, 3.05) is 51.2 Å². The zero-order valence-electron chi connectivity index (χ0n) is 19.3. The van der Waals surface area contributed by atoms with Crippen LogP contribution in [0, 0.1) is 6.92 Å². The maximum Gasteiger partial charge on any atom is 0.242 e. The molecule has 0 bridgehead atoms. The number of benzene rings is 2. The van der Waals surface area contributed by atoms with Gasteiger partial charge in [0.2, 0.25) is 5.91 Å². The van der Waals surface area contributed by atoms with Gasteiger partial charge in [0.05, 0.1) is 6.54 Å². The minimum atomic E-state index is 0. The summed E-state index contributed by atoms with van der Waals surface area (Å²) in [6.45, 7) is 6.27. The molecule has 4 rings (SSSR count). The van der Waals surface area contributed by atoms with E-state index in [1.807, 2.05) is 11.0 Å². The van der Waals surface area contributed by atoms with Crippen LogP contribution in [0.1, 0.15) is 11.1 Å². The van der Waals surface area contributed by atoms with Gasteiger partial charge in [0.15, 0.2) is 5.96 Å². The zero-order valence-corrected chi connectivity index (χ0v) is 21.6. The number of H-pyrrole nitrogens is 1. The number of carbonyl (C=O) groups is 1. The van der Waals surface area contributed by atoms with Crippen molar-refractivity contribution in [3.05, 3.63) is 65.9 Å². The first-order valence-electron chi connectivity index (χ1n) is 11.2. The van der Waals surface area contributed by atoms with E-state index in [1.54, 1.807) is 7.05 Å². The van der Waals surface area contributed by atoms with Gasteiger partial charge in [-0.1, -0.05) is 30.3 Å². The van der Waals surface area contributed by atoms with Crippen LogP contribution in [-0.2, 0) is 11.2 Å². The van der Waals surface area contributed by atoms with Crippen LogP contribution in [-0.4, -0.2) is 68.1 Å². The third kappa shape index (κ3) is 6.40. The minimum Gasteiger partial charge on any atom is -0.368 e. The average molecular weight is 560 g/mol. The molecule has 1 amide bonds. The van der Waals surface area contributed by atoms with Crippen molar-refractivity contribution in [2.24, 2.45) is 4.99 Å². The summed E-state index contributed by atoms with van der Waals surface area (Å²) in [6, 6.07) is 16.8. The highest BCUT2D eigenvalue weighted by Gasteiger charge is 2.21. The lowest BCUT2D eigenvalue weighted by Crippen LogP contribution is -2.52. The van der Waals surface area contributed by atoms with Gasteiger partial charge in [0.25, 0.3) is 0 Å². The van der Waals surface area contributed by atoms with E-state index in [2.05, 4.69) is 81.1 Å². The molecule has 3 N–H and O–H groups in total. The third-order valence-corrected chi connectivity index (χ3v) is 5.99. The Balaban J connectivity index is 0.00000306. The van der Waals surface area contributed by atoms with Gasteiger partial charge in [0.1, 0.15) is 0 Å². The van der Waals surface area contributed by atoms with Crippen LogP contribution in [0.3, 0.4) is 0 Å². The highest BCUT2D eigenvalue weighted by Crippen LogP contribution is 2.19. The van der Waals surface area contributed by atoms with Crippen molar-refractivity contribution in [3.63, 3.8) is 0 Å². The lowest BCUT2D eigenvalue weighted by molar-refractivity contribution is -0.130. The highest BCUT2D eigenvalue weighted by molar-refractivity contribution is 14.0. The number of halogens is 1. The quantitative estimate of drug-likeness (QED) is 0.246. The number of hydrogen-bond donors (Lipinski definition) is 3. The van der Waals surface area contributed by atoms with E-state index in [9.17, 15) is 4.79 Å². The molecule has 0 radical (unpaired) electrons. The number of hydrogen-bond acceptors (Lipinski definition) is 3. The van der Waals surface area contributed by atoms with Crippen molar-refractivity contribution < 1.29 is 4.79 Å². The fourth-order valence-electron chi connectivity index (χ4n) is 4.17. The van der Waals surface area contributed by atoms with E-state index >= 15 is 0 Å². The van der Waals surface area contributed by atoms with Crippen LogP contribution in [0.15, 0.2) is 59.7 Å². The Kier molecular flexibility index (Phi) is 8.99. The molecule has 1 aliphatic heterocycles. The third-order valence-electron chi connectivity index (χ3n) is 5.99. The van der Waals surface area contributed by atoms with E-state index in [1.165, 1.54) is 27.7 Å². The Bertz CT molecular complexity index is 1070. The van der Waals surface area contributed by atoms with E-state index in [4.69, 9.17) is 0 Å². The maximum atomic E-state index is 12.7. The van der Waals surface area contributed by atoms with Crippen LogP contribution in [0.5, 0.6) is 0 Å². The Morgan fingerprint density at radius 1 is 1.06 bits per heavy atom. The number of nitrogens with one attached hydrogen (secondary N) is 3. The van der Waals surface area contributed by atoms with Crippen molar-refractivity contribution in [3.8, 4) is 0 Å². The summed E-state index contributed by atoms with van der Waals surface area (Å²) in [5.74, 6) is 0.754. The van der Waals surface area contributed by atoms with Gasteiger partial charge >= 0.3 is 0 Å². The molecule has 1 aliphatic rings. The number of aryl methyl sites for hydroxylation is 1. The molecule has 0 spiro atoms. The Hall–Kier alpha value is -2.75. The molecule has 7 nitrogen and oxygen atoms in total. The van der Waals surface area contributed by atoms with Gasteiger partial charge in [0, 0.05) is 62.6 Å². The first-order chi connectivity index (χ1) is 15.6. The number of guanidine groups is 1. The van der Waals surface area contributed by atoms with Gasteiger partial charge < -0.3 is 25.4 Å². The van der Waals surface area contributed by atoms with E-state index in [0.29, 0.717) is 5.96 Å². The number of nitrogens with zero attached hydrogens (tertiary/aromatic N) is 3. The summed E-state index contributed by atoms with van der Waals surface area (Å²) < 4.78 is 0. The number of carbonyl (C=O) groups excluding carboxylic acids is 1. The van der Waals surface area contributed by atoms with E-state index < -0.39 is 0 Å². The number of piperazine rings is 1. The molecule has 0 atom stereocenters. The number of aromatic nitrogens is 1. The van der Waals surface area contributed by atoms with Gasteiger partial charge in [-0.05, 0) is 42.7 Å². The molecule has 0 saturated carbocycles. The fraction of sp³-hybridized carbons (Fsp3) is 0.360. The molecule has 2 heterocycles. The van der Waals surface area contributed by atoms with Crippen LogP contribution in [0.4, 0.5) is 5.69 Å². The summed E-state index contributed by atoms with van der Waals surface area (Å²) in [4.78, 5) is 24.5. The SMILES string of the molecule is CN=C(NCCc1c[nH]c2cc(C)ccc12)NCC(=O)N1CCN(c2ccccc2)CC1.I. The molecule has 176 valence electrons. The molecule has 1 aromatic heterocycles. The van der Waals surface area contributed by atoms with Crippen LogP contribution in [0.2, 0.25) is 0 Å². The highest BCUT2D eigenvalue weighted by atomic mass is 127. The monoisotopic (exact) mass is 560 g/mol. The van der Waals surface area contributed by atoms with Crippen LogP contribution in [0.25, 0.3) is 10.9 Å². The summed E-state index contributed by atoms with van der Waals surface area (Å²) >= 11 is 0. The predicted octanol–water partition coefficient (Wildman–Crippen LogP) is 3.15. The molecular formula is C25H33IN6O. The Morgan fingerprint density at radius 3 is 2.55 bits per heavy atom. The second-order valence-electron chi connectivity index (χ2n) is 8.17. The van der Waals surface area contributed by atoms with Crippen molar-refractivity contribution >= 4 is 52.4 Å². The molecule has 33 heavy (non-hydrogen) atoms. The Labute approximate surface area is 212 Å². The first-order valence-corrected chi connectivity index (χ1v) is 11.2. The average Bonchev–Trinajstić information content (AvgIpc) is 3.23. The fourth-order valence-corrected chi connectivity index (χ4v) is 4.17. The molecule has 2 aromatic carbocycles. The summed E-state index contributed by atoms with van der Waals surface area (Å²) in [5, 5.41) is 7.73. The lowest BCUT2D eigenvalue weighted by Gasteiger charge is -2.36.